The molecule has 1 aromatic rings. The number of allylic oxidation sites excluding steroid dienone is 2. The summed E-state index contributed by atoms with van der Waals surface area (Å²) < 4.78 is 16.2. The van der Waals surface area contributed by atoms with Gasteiger partial charge in [0.2, 0.25) is 0 Å². The molecule has 0 aliphatic carbocycles. The molecule has 0 bridgehead atoms. The van der Waals surface area contributed by atoms with Crippen LogP contribution in [0.3, 0.4) is 0 Å². The minimum absolute atomic E-state index is 0.195. The Labute approximate surface area is 201 Å². The van der Waals surface area contributed by atoms with Crippen LogP contribution in [0.25, 0.3) is 6.08 Å². The number of carbonyl (C=O) groups excluding carboxylic acids is 3. The van der Waals surface area contributed by atoms with Crippen molar-refractivity contribution in [3.63, 3.8) is 0 Å². The van der Waals surface area contributed by atoms with E-state index in [4.69, 9.17) is 14.2 Å². The minimum Gasteiger partial charge on any atom is -0.463 e. The molecule has 0 radical (unpaired) electrons. The van der Waals surface area contributed by atoms with Gasteiger partial charge in [0, 0.05) is 17.5 Å². The topological polar surface area (TPSA) is 90.9 Å². The van der Waals surface area contributed by atoms with E-state index in [1.807, 2.05) is 45.0 Å². The highest BCUT2D eigenvalue weighted by Gasteiger charge is 2.38. The molecule has 1 aliphatic heterocycles. The Morgan fingerprint density at radius 3 is 1.97 bits per heavy atom. The van der Waals surface area contributed by atoms with Crippen LogP contribution in [0.15, 0.2) is 52.9 Å². The lowest BCUT2D eigenvalue weighted by Crippen LogP contribution is -2.32. The summed E-state index contributed by atoms with van der Waals surface area (Å²) in [5, 5.41) is 3.13. The molecule has 184 valence electrons. The van der Waals surface area contributed by atoms with Crippen molar-refractivity contribution < 1.29 is 28.6 Å². The van der Waals surface area contributed by atoms with Gasteiger partial charge in [-0.15, -0.1) is 0 Å². The Bertz CT molecular complexity index is 991. The summed E-state index contributed by atoms with van der Waals surface area (Å²) in [4.78, 5) is 38.4. The number of esters is 3. The number of benzene rings is 1. The van der Waals surface area contributed by atoms with Gasteiger partial charge in [-0.3, -0.25) is 0 Å². The van der Waals surface area contributed by atoms with E-state index in [9.17, 15) is 14.4 Å². The first-order chi connectivity index (χ1) is 16.1. The van der Waals surface area contributed by atoms with Crippen LogP contribution in [0.5, 0.6) is 0 Å². The molecule has 1 aromatic carbocycles. The largest absolute Gasteiger partial charge is 0.463 e. The summed E-state index contributed by atoms with van der Waals surface area (Å²) in [7, 11) is 0. The van der Waals surface area contributed by atoms with Crippen LogP contribution in [0.2, 0.25) is 0 Å². The Morgan fingerprint density at radius 1 is 0.941 bits per heavy atom. The molecule has 7 heteroatoms. The zero-order valence-electron chi connectivity index (χ0n) is 21.1. The maximum Gasteiger partial charge on any atom is 0.336 e. The summed E-state index contributed by atoms with van der Waals surface area (Å²) in [6.07, 6.45) is 3.68. The predicted molar refractivity (Wildman–Crippen MR) is 130 cm³/mol. The fourth-order valence-corrected chi connectivity index (χ4v) is 3.73. The number of dihydropyridines is 1. The molecule has 1 N–H and O–H groups in total. The highest BCUT2D eigenvalue weighted by atomic mass is 16.6. The summed E-state index contributed by atoms with van der Waals surface area (Å²) in [5.41, 5.74) is 2.60. The second-order valence-electron chi connectivity index (χ2n) is 8.57. The lowest BCUT2D eigenvalue weighted by molar-refractivity contribution is -0.150. The molecule has 0 saturated carbocycles. The number of rotatable bonds is 9. The Kier molecular flexibility index (Phi) is 9.24. The molecule has 0 saturated heterocycles. The number of carbonyl (C=O) groups is 3. The van der Waals surface area contributed by atoms with Crippen LogP contribution >= 0.6 is 0 Å². The summed E-state index contributed by atoms with van der Waals surface area (Å²) >= 11 is 0. The van der Waals surface area contributed by atoms with Gasteiger partial charge < -0.3 is 19.5 Å². The van der Waals surface area contributed by atoms with Crippen molar-refractivity contribution in [3.8, 4) is 0 Å². The molecule has 0 amide bonds. The van der Waals surface area contributed by atoms with Gasteiger partial charge in [0.15, 0.2) is 0 Å². The third-order valence-corrected chi connectivity index (χ3v) is 5.69. The summed E-state index contributed by atoms with van der Waals surface area (Å²) in [5.74, 6) is -2.24. The van der Waals surface area contributed by atoms with Gasteiger partial charge in [-0.2, -0.15) is 0 Å². The molecule has 34 heavy (non-hydrogen) atoms. The van der Waals surface area contributed by atoms with Crippen molar-refractivity contribution in [2.75, 3.05) is 13.2 Å². The van der Waals surface area contributed by atoms with E-state index in [0.29, 0.717) is 40.1 Å². The molecular formula is C27H35NO6. The Morgan fingerprint density at radius 2 is 1.47 bits per heavy atom. The van der Waals surface area contributed by atoms with Crippen LogP contribution in [-0.4, -0.2) is 36.7 Å². The second-order valence-corrected chi connectivity index (χ2v) is 8.57. The first-order valence-corrected chi connectivity index (χ1v) is 11.6. The zero-order valence-corrected chi connectivity index (χ0v) is 21.1. The van der Waals surface area contributed by atoms with E-state index < -0.39 is 29.4 Å². The highest BCUT2D eigenvalue weighted by Crippen LogP contribution is 2.41. The molecule has 1 heterocycles. The van der Waals surface area contributed by atoms with Crippen molar-refractivity contribution in [2.24, 2.45) is 0 Å². The molecule has 0 spiro atoms. The maximum absolute atomic E-state index is 13.0. The second kappa shape index (κ2) is 11.7. The van der Waals surface area contributed by atoms with Crippen molar-refractivity contribution in [1.82, 2.24) is 5.32 Å². The predicted octanol–water partition coefficient (Wildman–Crippen LogP) is 4.79. The average Bonchev–Trinajstić information content (AvgIpc) is 2.77. The monoisotopic (exact) mass is 469 g/mol. The highest BCUT2D eigenvalue weighted by molar-refractivity contribution is 6.00. The van der Waals surface area contributed by atoms with Gasteiger partial charge in [0.05, 0.1) is 30.3 Å². The van der Waals surface area contributed by atoms with Crippen molar-refractivity contribution >= 4 is 24.0 Å². The Hall–Kier alpha value is -3.35. The molecule has 0 aromatic heterocycles. The lowest BCUT2D eigenvalue weighted by atomic mass is 9.78. The van der Waals surface area contributed by atoms with Gasteiger partial charge in [-0.25, -0.2) is 14.4 Å². The van der Waals surface area contributed by atoms with Crippen LogP contribution in [0.1, 0.15) is 71.9 Å². The molecule has 1 aliphatic rings. The van der Waals surface area contributed by atoms with E-state index in [1.165, 1.54) is 6.08 Å². The fourth-order valence-electron chi connectivity index (χ4n) is 3.73. The molecular weight excluding hydrogens is 434 g/mol. The van der Waals surface area contributed by atoms with Gasteiger partial charge in [-0.1, -0.05) is 31.2 Å². The lowest BCUT2D eigenvalue weighted by Gasteiger charge is -2.31. The summed E-state index contributed by atoms with van der Waals surface area (Å²) in [6, 6.07) is 7.30. The number of nitrogens with one attached hydrogen (secondary N) is 1. The van der Waals surface area contributed by atoms with E-state index >= 15 is 0 Å². The van der Waals surface area contributed by atoms with Gasteiger partial charge in [0.1, 0.15) is 5.60 Å². The smallest absolute Gasteiger partial charge is 0.336 e. The van der Waals surface area contributed by atoms with Crippen LogP contribution in [-0.2, 0) is 28.6 Å². The average molecular weight is 470 g/mol. The third-order valence-electron chi connectivity index (χ3n) is 5.69. The number of hydrogen-bond acceptors (Lipinski definition) is 7. The maximum atomic E-state index is 13.0. The van der Waals surface area contributed by atoms with Crippen LogP contribution < -0.4 is 5.32 Å². The van der Waals surface area contributed by atoms with Crippen molar-refractivity contribution in [3.05, 3.63) is 64.0 Å². The van der Waals surface area contributed by atoms with Crippen LogP contribution in [0.4, 0.5) is 0 Å². The molecule has 0 unspecified atom stereocenters. The van der Waals surface area contributed by atoms with Crippen molar-refractivity contribution in [2.45, 2.75) is 66.4 Å². The van der Waals surface area contributed by atoms with Crippen molar-refractivity contribution in [1.29, 1.82) is 0 Å². The van der Waals surface area contributed by atoms with Gasteiger partial charge in [-0.05, 0) is 65.2 Å². The summed E-state index contributed by atoms with van der Waals surface area (Å²) in [6.45, 7) is 13.0. The Balaban J connectivity index is 2.62. The van der Waals surface area contributed by atoms with E-state index in [0.717, 1.165) is 0 Å². The molecule has 0 atom stereocenters. The number of hydrogen-bond donors (Lipinski definition) is 1. The molecule has 7 nitrogen and oxygen atoms in total. The fraction of sp³-hybridized carbons (Fsp3) is 0.444. The first kappa shape index (κ1) is 26.9. The molecule has 0 fully saturated rings. The van der Waals surface area contributed by atoms with Crippen LogP contribution in [0, 0.1) is 0 Å². The SMILES string of the molecule is CCOC(=O)C1=C(C)NC(C)=C(C(=O)OCC)C1c1ccccc1/C=C/C(=O)OC(C)(C)CC. The van der Waals surface area contributed by atoms with E-state index in [1.54, 1.807) is 33.8 Å². The molecule has 2 rings (SSSR count). The standard InChI is InChI=1S/C27H35NO6/c1-8-27(6,7)34-21(29)16-15-19-13-11-12-14-20(19)24-22(25(30)32-9-2)17(4)28-18(5)23(24)26(31)33-10-3/h11-16,24,28H,8-10H2,1-7H3/b16-15+. The van der Waals surface area contributed by atoms with Gasteiger partial charge in [0.25, 0.3) is 0 Å². The first-order valence-electron chi connectivity index (χ1n) is 11.6. The van der Waals surface area contributed by atoms with E-state index in [-0.39, 0.29) is 13.2 Å². The van der Waals surface area contributed by atoms with Gasteiger partial charge >= 0.3 is 17.9 Å². The quantitative estimate of drug-likeness (QED) is 0.316. The zero-order chi connectivity index (χ0) is 25.5. The third kappa shape index (κ3) is 6.37. The number of ether oxygens (including phenoxy) is 3. The normalized spacial score (nSPS) is 14.8. The minimum atomic E-state index is -0.733. The van der Waals surface area contributed by atoms with E-state index in [2.05, 4.69) is 5.32 Å².